The number of hydrogen-bond acceptors (Lipinski definition) is 6. The molecule has 5 rings (SSSR count). The van der Waals surface area contributed by atoms with Crippen LogP contribution in [0.15, 0.2) is 35.3 Å². The van der Waals surface area contributed by atoms with Crippen LogP contribution in [0.3, 0.4) is 0 Å². The van der Waals surface area contributed by atoms with Gasteiger partial charge in [-0.25, -0.2) is 9.36 Å². The van der Waals surface area contributed by atoms with Crippen molar-refractivity contribution in [3.8, 4) is 11.6 Å². The van der Waals surface area contributed by atoms with Gasteiger partial charge in [0.05, 0.1) is 25.6 Å². The molecule has 10 nitrogen and oxygen atoms in total. The highest BCUT2D eigenvalue weighted by Crippen LogP contribution is 2.49. The number of aromatic hydroxyl groups is 1. The molecule has 2 aliphatic rings. The molecule has 32 heavy (non-hydrogen) atoms. The minimum absolute atomic E-state index is 0.00817. The minimum Gasteiger partial charge on any atom is -0.493 e. The van der Waals surface area contributed by atoms with Gasteiger partial charge in [-0.2, -0.15) is 0 Å². The third-order valence-corrected chi connectivity index (χ3v) is 6.25. The summed E-state index contributed by atoms with van der Waals surface area (Å²) in [6.45, 7) is 7.68. The number of aromatic nitrogens is 3. The maximum absolute atomic E-state index is 13.3. The maximum Gasteiger partial charge on any atom is 0.336 e. The summed E-state index contributed by atoms with van der Waals surface area (Å²) in [5.41, 5.74) is 0.352. The largest absolute Gasteiger partial charge is 0.493 e. The lowest BCUT2D eigenvalue weighted by Gasteiger charge is -2.27. The predicted molar refractivity (Wildman–Crippen MR) is 113 cm³/mol. The number of hydrogen-bond donors (Lipinski definition) is 1. The normalized spacial score (nSPS) is 18.6. The van der Waals surface area contributed by atoms with Crippen LogP contribution in [0.4, 0.5) is 5.82 Å². The third kappa shape index (κ3) is 2.71. The van der Waals surface area contributed by atoms with E-state index in [2.05, 4.69) is 14.6 Å². The molecule has 1 fully saturated rings. The van der Waals surface area contributed by atoms with Gasteiger partial charge in [0, 0.05) is 23.7 Å². The summed E-state index contributed by atoms with van der Waals surface area (Å²) >= 11 is 0. The SMILES string of the molecule is [C-]#[N+]c1ncc(-n2c(O)c3n(c2=O)C2CC3N(C(=O)CCC(=O)OC)C2)c2ccccc12. The Bertz CT molecular complexity index is 1380. The number of carbonyl (C=O) groups is 2. The van der Waals surface area contributed by atoms with E-state index in [0.29, 0.717) is 35.1 Å². The van der Waals surface area contributed by atoms with Crippen LogP contribution in [0.2, 0.25) is 0 Å². The van der Waals surface area contributed by atoms with Crippen LogP contribution in [0.5, 0.6) is 5.88 Å². The number of likely N-dealkylation sites (tertiary alicyclic amines) is 1. The van der Waals surface area contributed by atoms with Crippen LogP contribution in [0.25, 0.3) is 21.3 Å². The number of imidazole rings is 1. The van der Waals surface area contributed by atoms with Gasteiger partial charge in [-0.1, -0.05) is 30.8 Å². The van der Waals surface area contributed by atoms with E-state index in [0.717, 1.165) is 0 Å². The van der Waals surface area contributed by atoms with Crippen molar-refractivity contribution in [2.75, 3.05) is 13.7 Å². The molecule has 2 aromatic heterocycles. The Balaban J connectivity index is 1.57. The van der Waals surface area contributed by atoms with E-state index in [4.69, 9.17) is 6.57 Å². The van der Waals surface area contributed by atoms with E-state index >= 15 is 0 Å². The van der Waals surface area contributed by atoms with E-state index in [9.17, 15) is 19.5 Å². The summed E-state index contributed by atoms with van der Waals surface area (Å²) in [6, 6.07) is 6.39. The van der Waals surface area contributed by atoms with Crippen LogP contribution >= 0.6 is 0 Å². The molecular formula is C22H19N5O5. The van der Waals surface area contributed by atoms with Crippen molar-refractivity contribution in [2.45, 2.75) is 31.3 Å². The molecule has 3 aromatic rings. The molecule has 2 bridgehead atoms. The number of fused-ring (bicyclic) bond motifs is 6. The standard InChI is InChI=1S/C22H19N5O5/c1-23-20-14-6-4-3-5-13(14)16(10-24-20)27-21(30)19-15-9-12(26(19)22(27)31)11-25(15)17(28)7-8-18(29)32-2/h3-6,10,12,15,30H,7-9,11H2,2H3. The Morgan fingerprint density at radius 1 is 1.28 bits per heavy atom. The molecule has 1 amide bonds. The average Bonchev–Trinajstić information content (AvgIpc) is 3.48. The highest BCUT2D eigenvalue weighted by Gasteiger charge is 2.49. The van der Waals surface area contributed by atoms with Crippen molar-refractivity contribution >= 4 is 28.5 Å². The second kappa shape index (κ2) is 7.23. The molecule has 0 spiro atoms. The summed E-state index contributed by atoms with van der Waals surface area (Å²) in [5.74, 6) is -0.709. The first-order valence-electron chi connectivity index (χ1n) is 10.1. The average molecular weight is 433 g/mol. The van der Waals surface area contributed by atoms with E-state index in [-0.39, 0.29) is 36.5 Å². The Morgan fingerprint density at radius 2 is 2.03 bits per heavy atom. The highest BCUT2D eigenvalue weighted by molar-refractivity contribution is 5.97. The van der Waals surface area contributed by atoms with Crippen molar-refractivity contribution in [1.82, 2.24) is 19.0 Å². The molecule has 0 saturated carbocycles. The van der Waals surface area contributed by atoms with Crippen molar-refractivity contribution in [1.29, 1.82) is 0 Å². The quantitative estimate of drug-likeness (QED) is 0.499. The van der Waals surface area contributed by atoms with Crippen molar-refractivity contribution in [3.05, 3.63) is 58.1 Å². The van der Waals surface area contributed by atoms with Gasteiger partial charge in [-0.15, -0.1) is 4.98 Å². The summed E-state index contributed by atoms with van der Waals surface area (Å²) in [6.07, 6.45) is 1.94. The van der Waals surface area contributed by atoms with E-state index in [1.54, 1.807) is 33.7 Å². The van der Waals surface area contributed by atoms with E-state index < -0.39 is 17.7 Å². The van der Waals surface area contributed by atoms with Crippen LogP contribution in [-0.4, -0.2) is 49.7 Å². The van der Waals surface area contributed by atoms with Gasteiger partial charge in [0.1, 0.15) is 17.6 Å². The Labute approximate surface area is 182 Å². The Hall–Kier alpha value is -4.13. The van der Waals surface area contributed by atoms with E-state index in [1.807, 2.05) is 0 Å². The first-order chi connectivity index (χ1) is 15.5. The fourth-order valence-corrected chi connectivity index (χ4v) is 4.82. The zero-order valence-electron chi connectivity index (χ0n) is 17.2. The lowest BCUT2D eigenvalue weighted by atomic mass is 10.1. The lowest BCUT2D eigenvalue weighted by Crippen LogP contribution is -2.38. The van der Waals surface area contributed by atoms with Crippen LogP contribution in [0, 0.1) is 6.57 Å². The monoisotopic (exact) mass is 433 g/mol. The summed E-state index contributed by atoms with van der Waals surface area (Å²) < 4.78 is 7.34. The highest BCUT2D eigenvalue weighted by atomic mass is 16.5. The number of amides is 1. The third-order valence-electron chi connectivity index (χ3n) is 6.25. The van der Waals surface area contributed by atoms with Gasteiger partial charge >= 0.3 is 11.7 Å². The second-order valence-electron chi connectivity index (χ2n) is 7.85. The molecule has 4 heterocycles. The Kier molecular flexibility index (Phi) is 4.48. The van der Waals surface area contributed by atoms with Gasteiger partial charge in [0.15, 0.2) is 0 Å². The van der Waals surface area contributed by atoms with Gasteiger partial charge in [0.2, 0.25) is 11.8 Å². The van der Waals surface area contributed by atoms with Crippen molar-refractivity contribution in [2.24, 2.45) is 0 Å². The summed E-state index contributed by atoms with van der Waals surface area (Å²) in [7, 11) is 1.27. The molecule has 0 radical (unpaired) electrons. The first-order valence-corrected chi connectivity index (χ1v) is 10.1. The van der Waals surface area contributed by atoms with Crippen LogP contribution in [-0.2, 0) is 14.3 Å². The molecule has 2 atom stereocenters. The fraction of sp³-hybridized carbons (Fsp3) is 0.318. The minimum atomic E-state index is -0.462. The van der Waals surface area contributed by atoms with Gasteiger partial charge in [-0.05, 0) is 6.42 Å². The number of carbonyl (C=O) groups excluding carboxylic acids is 2. The van der Waals surface area contributed by atoms with Crippen molar-refractivity contribution in [3.63, 3.8) is 0 Å². The van der Waals surface area contributed by atoms with Gasteiger partial charge in [-0.3, -0.25) is 14.2 Å². The van der Waals surface area contributed by atoms with Crippen LogP contribution < -0.4 is 5.69 Å². The topological polar surface area (TPSA) is 111 Å². The molecule has 1 aromatic carbocycles. The number of nitrogens with zero attached hydrogens (tertiary/aromatic N) is 5. The molecule has 1 N–H and O–H groups in total. The van der Waals surface area contributed by atoms with Crippen molar-refractivity contribution < 1.29 is 19.4 Å². The second-order valence-corrected chi connectivity index (χ2v) is 7.85. The number of pyridine rings is 1. The smallest absolute Gasteiger partial charge is 0.336 e. The van der Waals surface area contributed by atoms with Crippen LogP contribution in [0.1, 0.15) is 37.0 Å². The predicted octanol–water partition coefficient (Wildman–Crippen LogP) is 2.22. The number of esters is 1. The molecule has 10 heteroatoms. The molecule has 0 aliphatic carbocycles. The lowest BCUT2D eigenvalue weighted by molar-refractivity contribution is -0.144. The zero-order valence-corrected chi connectivity index (χ0v) is 17.2. The number of methoxy groups -OCH3 is 1. The Morgan fingerprint density at radius 3 is 2.75 bits per heavy atom. The summed E-state index contributed by atoms with van der Waals surface area (Å²) in [4.78, 5) is 46.6. The van der Waals surface area contributed by atoms with E-state index in [1.165, 1.54) is 17.9 Å². The van der Waals surface area contributed by atoms with Gasteiger partial charge in [0.25, 0.3) is 5.82 Å². The number of ether oxygens (including phenoxy) is 1. The fourth-order valence-electron chi connectivity index (χ4n) is 4.82. The molecule has 1 saturated heterocycles. The maximum atomic E-state index is 13.3. The molecule has 162 valence electrons. The molecular weight excluding hydrogens is 414 g/mol. The first kappa shape index (κ1) is 19.8. The molecule has 2 aliphatic heterocycles. The summed E-state index contributed by atoms with van der Waals surface area (Å²) in [5, 5.41) is 12.3. The molecule has 2 unspecified atom stereocenters. The zero-order chi connectivity index (χ0) is 22.6. The number of benzene rings is 1. The number of rotatable bonds is 4. The van der Waals surface area contributed by atoms with Gasteiger partial charge < -0.3 is 19.6 Å².